The lowest BCUT2D eigenvalue weighted by atomic mass is 10.1. The molecule has 0 saturated carbocycles. The average molecular weight is 270 g/mol. The molecule has 3 aromatic rings. The zero-order chi connectivity index (χ0) is 14.1. The molecule has 0 aromatic carbocycles. The lowest BCUT2D eigenvalue weighted by Crippen LogP contribution is -2.05. The maximum Gasteiger partial charge on any atom is 0.311 e. The number of nitrogens with zero attached hydrogens (tertiary/aromatic N) is 1. The van der Waals surface area contributed by atoms with E-state index < -0.39 is 18.2 Å². The van der Waals surface area contributed by atoms with E-state index in [0.717, 1.165) is 16.6 Å². The average Bonchev–Trinajstić information content (AvgIpc) is 3.04. The van der Waals surface area contributed by atoms with Crippen LogP contribution < -0.4 is 0 Å². The van der Waals surface area contributed by atoms with Crippen LogP contribution >= 0.6 is 0 Å². The number of ketones is 1. The number of fused-ring (bicyclic) bond motifs is 1. The number of pyridine rings is 1. The fourth-order valence-electron chi connectivity index (χ4n) is 2.04. The summed E-state index contributed by atoms with van der Waals surface area (Å²) >= 11 is 0. The molecule has 0 bridgehead atoms. The number of furan rings is 1. The number of Topliss-reactive ketones (excluding diaryl/α,β-unsaturated/α-hetero) is 1. The third-order valence-corrected chi connectivity index (χ3v) is 2.95. The van der Waals surface area contributed by atoms with Gasteiger partial charge in [0.25, 0.3) is 0 Å². The van der Waals surface area contributed by atoms with Gasteiger partial charge in [-0.25, -0.2) is 4.98 Å². The van der Waals surface area contributed by atoms with Crippen molar-refractivity contribution in [3.63, 3.8) is 0 Å². The SMILES string of the molecule is O=C(O)CC(=O)c1cc(-c2c[nH]c3ncccc23)co1. The number of H-pyrrole nitrogens is 1. The van der Waals surface area contributed by atoms with Crippen molar-refractivity contribution in [3.05, 3.63) is 42.6 Å². The van der Waals surface area contributed by atoms with Crippen molar-refractivity contribution in [2.75, 3.05) is 0 Å². The number of nitrogens with one attached hydrogen (secondary N) is 1. The van der Waals surface area contributed by atoms with Crippen LogP contribution in [0.4, 0.5) is 0 Å². The molecule has 3 rings (SSSR count). The summed E-state index contributed by atoms with van der Waals surface area (Å²) in [6.07, 6.45) is 4.31. The Morgan fingerprint density at radius 3 is 3.05 bits per heavy atom. The Morgan fingerprint density at radius 2 is 2.25 bits per heavy atom. The molecule has 0 unspecified atom stereocenters. The highest BCUT2D eigenvalue weighted by molar-refractivity contribution is 6.05. The molecule has 0 aliphatic carbocycles. The highest BCUT2D eigenvalue weighted by Crippen LogP contribution is 2.29. The Morgan fingerprint density at radius 1 is 1.40 bits per heavy atom. The molecule has 6 nitrogen and oxygen atoms in total. The Bertz CT molecular complexity index is 800. The van der Waals surface area contributed by atoms with Gasteiger partial charge in [0, 0.05) is 28.9 Å². The first kappa shape index (κ1) is 12.2. The smallest absolute Gasteiger partial charge is 0.311 e. The molecular weight excluding hydrogens is 260 g/mol. The Hall–Kier alpha value is -2.89. The number of hydrogen-bond donors (Lipinski definition) is 2. The zero-order valence-electron chi connectivity index (χ0n) is 10.3. The van der Waals surface area contributed by atoms with Crippen LogP contribution in [0.1, 0.15) is 17.0 Å². The van der Waals surface area contributed by atoms with E-state index in [1.807, 2.05) is 12.1 Å². The van der Waals surface area contributed by atoms with Crippen molar-refractivity contribution < 1.29 is 19.1 Å². The maximum atomic E-state index is 11.6. The molecule has 3 aromatic heterocycles. The Kier molecular flexibility index (Phi) is 2.83. The van der Waals surface area contributed by atoms with E-state index in [1.165, 1.54) is 6.26 Å². The minimum atomic E-state index is -1.18. The van der Waals surface area contributed by atoms with Gasteiger partial charge in [-0.05, 0) is 18.2 Å². The molecule has 0 radical (unpaired) electrons. The second-order valence-corrected chi connectivity index (χ2v) is 4.30. The van der Waals surface area contributed by atoms with Crippen LogP contribution in [0.2, 0.25) is 0 Å². The number of aromatic amines is 1. The maximum absolute atomic E-state index is 11.6. The first-order valence-electron chi connectivity index (χ1n) is 5.91. The summed E-state index contributed by atoms with van der Waals surface area (Å²) in [6, 6.07) is 5.26. The summed E-state index contributed by atoms with van der Waals surface area (Å²) in [6.45, 7) is 0. The monoisotopic (exact) mass is 270 g/mol. The van der Waals surface area contributed by atoms with Crippen molar-refractivity contribution in [2.45, 2.75) is 6.42 Å². The summed E-state index contributed by atoms with van der Waals surface area (Å²) in [5.74, 6) is -1.69. The molecule has 0 fully saturated rings. The van der Waals surface area contributed by atoms with Gasteiger partial charge in [0.1, 0.15) is 12.1 Å². The van der Waals surface area contributed by atoms with Gasteiger partial charge < -0.3 is 14.5 Å². The van der Waals surface area contributed by atoms with E-state index >= 15 is 0 Å². The van der Waals surface area contributed by atoms with E-state index in [0.29, 0.717) is 5.56 Å². The molecule has 0 aliphatic heterocycles. The molecular formula is C14H10N2O4. The molecule has 0 amide bonds. The largest absolute Gasteiger partial charge is 0.481 e. The van der Waals surface area contributed by atoms with Gasteiger partial charge in [-0.2, -0.15) is 0 Å². The second kappa shape index (κ2) is 4.65. The minimum absolute atomic E-state index is 0.0423. The first-order chi connectivity index (χ1) is 9.65. The second-order valence-electron chi connectivity index (χ2n) is 4.30. The van der Waals surface area contributed by atoms with Crippen LogP contribution in [0.3, 0.4) is 0 Å². The summed E-state index contributed by atoms with van der Waals surface area (Å²) in [5, 5.41) is 9.51. The van der Waals surface area contributed by atoms with Gasteiger partial charge in [0.15, 0.2) is 5.76 Å². The van der Waals surface area contributed by atoms with Crippen LogP contribution in [0.15, 0.2) is 41.3 Å². The number of aliphatic carboxylic acids is 1. The highest BCUT2D eigenvalue weighted by atomic mass is 16.4. The molecule has 6 heteroatoms. The van der Waals surface area contributed by atoms with Gasteiger partial charge in [-0.15, -0.1) is 0 Å². The third kappa shape index (κ3) is 2.07. The topological polar surface area (TPSA) is 96.2 Å². The number of hydrogen-bond acceptors (Lipinski definition) is 4. The molecule has 100 valence electrons. The van der Waals surface area contributed by atoms with E-state index in [9.17, 15) is 9.59 Å². The van der Waals surface area contributed by atoms with Gasteiger partial charge >= 0.3 is 5.97 Å². The highest BCUT2D eigenvalue weighted by Gasteiger charge is 2.16. The molecule has 2 N–H and O–H groups in total. The van der Waals surface area contributed by atoms with Crippen LogP contribution in [0.5, 0.6) is 0 Å². The number of rotatable bonds is 4. The number of carbonyl (C=O) groups excluding carboxylic acids is 1. The lowest BCUT2D eigenvalue weighted by Gasteiger charge is -1.92. The normalized spacial score (nSPS) is 10.8. The lowest BCUT2D eigenvalue weighted by molar-refractivity contribution is -0.135. The fraction of sp³-hybridized carbons (Fsp3) is 0.0714. The van der Waals surface area contributed by atoms with Crippen LogP contribution in [-0.4, -0.2) is 26.8 Å². The number of aromatic nitrogens is 2. The van der Waals surface area contributed by atoms with Gasteiger partial charge in [-0.3, -0.25) is 9.59 Å². The van der Waals surface area contributed by atoms with E-state index in [1.54, 1.807) is 18.5 Å². The Balaban J connectivity index is 1.98. The van der Waals surface area contributed by atoms with Crippen molar-refractivity contribution in [1.82, 2.24) is 9.97 Å². The fourth-order valence-corrected chi connectivity index (χ4v) is 2.04. The van der Waals surface area contributed by atoms with Crippen LogP contribution in [-0.2, 0) is 4.79 Å². The van der Waals surface area contributed by atoms with Gasteiger partial charge in [0.2, 0.25) is 5.78 Å². The predicted molar refractivity (Wildman–Crippen MR) is 70.4 cm³/mol. The van der Waals surface area contributed by atoms with Crippen molar-refractivity contribution >= 4 is 22.8 Å². The molecule has 0 spiro atoms. The summed E-state index contributed by atoms with van der Waals surface area (Å²) in [7, 11) is 0. The number of carbonyl (C=O) groups is 2. The number of carboxylic acids is 1. The standard InChI is InChI=1S/C14H10N2O4/c17-11(5-13(18)19)12-4-8(7-20-12)10-6-16-14-9(10)2-1-3-15-14/h1-4,6-7H,5H2,(H,15,16)(H,18,19). The number of carboxylic acid groups (broad SMARTS) is 1. The predicted octanol–water partition coefficient (Wildman–Crippen LogP) is 2.48. The molecule has 0 atom stereocenters. The van der Waals surface area contributed by atoms with E-state index in [2.05, 4.69) is 9.97 Å². The molecule has 0 saturated heterocycles. The summed E-state index contributed by atoms with van der Waals surface area (Å²) < 4.78 is 5.15. The zero-order valence-corrected chi connectivity index (χ0v) is 10.3. The molecule has 3 heterocycles. The van der Waals surface area contributed by atoms with Crippen molar-refractivity contribution in [2.24, 2.45) is 0 Å². The van der Waals surface area contributed by atoms with Crippen molar-refractivity contribution in [1.29, 1.82) is 0 Å². The van der Waals surface area contributed by atoms with Crippen LogP contribution in [0, 0.1) is 0 Å². The minimum Gasteiger partial charge on any atom is -0.481 e. The van der Waals surface area contributed by atoms with E-state index in [-0.39, 0.29) is 5.76 Å². The van der Waals surface area contributed by atoms with Gasteiger partial charge in [0.05, 0.1) is 6.26 Å². The van der Waals surface area contributed by atoms with Gasteiger partial charge in [-0.1, -0.05) is 0 Å². The van der Waals surface area contributed by atoms with E-state index in [4.69, 9.17) is 9.52 Å². The summed E-state index contributed by atoms with van der Waals surface area (Å²) in [4.78, 5) is 29.3. The van der Waals surface area contributed by atoms with Crippen molar-refractivity contribution in [3.8, 4) is 11.1 Å². The first-order valence-corrected chi connectivity index (χ1v) is 5.91. The molecule has 20 heavy (non-hydrogen) atoms. The quantitative estimate of drug-likeness (QED) is 0.560. The van der Waals surface area contributed by atoms with Crippen LogP contribution in [0.25, 0.3) is 22.2 Å². The molecule has 0 aliphatic rings. The summed E-state index contributed by atoms with van der Waals surface area (Å²) in [5.41, 5.74) is 2.30. The third-order valence-electron chi connectivity index (χ3n) is 2.95. The Labute approximate surface area is 113 Å².